The van der Waals surface area contributed by atoms with Crippen molar-refractivity contribution in [3.63, 3.8) is 0 Å². The fourth-order valence-electron chi connectivity index (χ4n) is 5.80. The summed E-state index contributed by atoms with van der Waals surface area (Å²) in [5, 5.41) is 12.0. The molecule has 35 heavy (non-hydrogen) atoms. The van der Waals surface area contributed by atoms with E-state index in [9.17, 15) is 8.42 Å². The van der Waals surface area contributed by atoms with Crippen LogP contribution in [-0.2, 0) is 16.6 Å². The van der Waals surface area contributed by atoms with Gasteiger partial charge in [-0.2, -0.15) is 9.40 Å². The number of aryl methyl sites for hydroxylation is 1. The Hall–Kier alpha value is -1.82. The van der Waals surface area contributed by atoms with Crippen molar-refractivity contribution in [3.8, 4) is 5.69 Å². The molecule has 2 N–H and O–H groups in total. The summed E-state index contributed by atoms with van der Waals surface area (Å²) in [6, 6.07) is 7.20. The second-order valence-corrected chi connectivity index (χ2v) is 12.3. The molecule has 0 atom stereocenters. The Morgan fingerprint density at radius 3 is 2.31 bits per heavy atom. The standard InChI is InChI=1S/C25H39N7O2S/c1-20-24(18-30-13-12-27-19-25(30)8-10-26-11-9-25)21(2)32(28-20)22-4-6-23(7-5-22)35(33,34)31-16-14-29(3)15-17-31/h4-7,26-27H,8-19H2,1-3H3. The predicted molar refractivity (Wildman–Crippen MR) is 137 cm³/mol. The zero-order valence-corrected chi connectivity index (χ0v) is 22.1. The molecule has 9 nitrogen and oxygen atoms in total. The number of piperidine rings is 1. The van der Waals surface area contributed by atoms with E-state index in [1.807, 2.05) is 23.9 Å². The first-order valence-corrected chi connectivity index (χ1v) is 14.2. The molecule has 1 aromatic heterocycles. The van der Waals surface area contributed by atoms with Gasteiger partial charge in [0.05, 0.1) is 16.3 Å². The number of hydrogen-bond donors (Lipinski definition) is 2. The Balaban J connectivity index is 1.36. The Kier molecular flexibility index (Phi) is 7.04. The Morgan fingerprint density at radius 2 is 1.63 bits per heavy atom. The average molecular weight is 502 g/mol. The average Bonchev–Trinajstić information content (AvgIpc) is 3.15. The third-order valence-corrected chi connectivity index (χ3v) is 10.1. The molecule has 2 aromatic rings. The molecule has 5 rings (SSSR count). The van der Waals surface area contributed by atoms with Crippen molar-refractivity contribution < 1.29 is 8.42 Å². The number of piperazine rings is 2. The summed E-state index contributed by atoms with van der Waals surface area (Å²) >= 11 is 0. The molecule has 4 heterocycles. The van der Waals surface area contributed by atoms with E-state index in [1.165, 1.54) is 5.56 Å². The molecule has 0 saturated carbocycles. The van der Waals surface area contributed by atoms with Gasteiger partial charge in [0.15, 0.2) is 0 Å². The van der Waals surface area contributed by atoms with Gasteiger partial charge in [-0.05, 0) is 71.1 Å². The van der Waals surface area contributed by atoms with Crippen LogP contribution < -0.4 is 10.6 Å². The minimum Gasteiger partial charge on any atom is -0.317 e. The third kappa shape index (κ3) is 4.80. The predicted octanol–water partition coefficient (Wildman–Crippen LogP) is 0.953. The topological polar surface area (TPSA) is 85.7 Å². The number of rotatable bonds is 5. The van der Waals surface area contributed by atoms with Crippen LogP contribution in [0.1, 0.15) is 29.8 Å². The summed E-state index contributed by atoms with van der Waals surface area (Å²) in [6.07, 6.45) is 2.32. The fraction of sp³-hybridized carbons (Fsp3) is 0.640. The highest BCUT2D eigenvalue weighted by atomic mass is 32.2. The number of likely N-dealkylation sites (N-methyl/N-ethyl adjacent to an activating group) is 1. The summed E-state index contributed by atoms with van der Waals surface area (Å²) in [4.78, 5) is 5.17. The van der Waals surface area contributed by atoms with E-state index in [0.29, 0.717) is 18.0 Å². The molecular weight excluding hydrogens is 462 g/mol. The quantitative estimate of drug-likeness (QED) is 0.631. The Labute approximate surface area is 209 Å². The van der Waals surface area contributed by atoms with Crippen molar-refractivity contribution in [2.45, 2.75) is 43.7 Å². The van der Waals surface area contributed by atoms with Crippen molar-refractivity contribution in [2.24, 2.45) is 0 Å². The number of nitrogens with zero attached hydrogens (tertiary/aromatic N) is 5. The maximum atomic E-state index is 13.1. The number of nitrogens with one attached hydrogen (secondary N) is 2. The molecular formula is C25H39N7O2S. The van der Waals surface area contributed by atoms with Crippen LogP contribution in [0.25, 0.3) is 5.69 Å². The number of hydrogen-bond acceptors (Lipinski definition) is 7. The maximum Gasteiger partial charge on any atom is 0.243 e. The van der Waals surface area contributed by atoms with Gasteiger partial charge in [0, 0.05) is 69.2 Å². The molecule has 0 unspecified atom stereocenters. The second-order valence-electron chi connectivity index (χ2n) is 10.3. The Bertz CT molecular complexity index is 1120. The van der Waals surface area contributed by atoms with Crippen LogP contribution in [0, 0.1) is 13.8 Å². The highest BCUT2D eigenvalue weighted by molar-refractivity contribution is 7.89. The molecule has 10 heteroatoms. The fourth-order valence-corrected chi connectivity index (χ4v) is 7.22. The largest absolute Gasteiger partial charge is 0.317 e. The molecule has 1 aromatic carbocycles. The van der Waals surface area contributed by atoms with Crippen molar-refractivity contribution in [2.75, 3.05) is 66.0 Å². The minimum atomic E-state index is -3.47. The summed E-state index contributed by atoms with van der Waals surface area (Å²) < 4.78 is 29.8. The van der Waals surface area contributed by atoms with Crippen molar-refractivity contribution in [1.82, 2.24) is 34.5 Å². The molecule has 0 radical (unpaired) electrons. The molecule has 0 bridgehead atoms. The lowest BCUT2D eigenvalue weighted by Crippen LogP contribution is -2.64. The lowest BCUT2D eigenvalue weighted by atomic mass is 9.84. The molecule has 1 spiro atoms. The van der Waals surface area contributed by atoms with Gasteiger partial charge in [0.25, 0.3) is 0 Å². The summed E-state index contributed by atoms with van der Waals surface area (Å²) in [6.45, 7) is 12.9. The summed E-state index contributed by atoms with van der Waals surface area (Å²) in [7, 11) is -1.45. The van der Waals surface area contributed by atoms with Crippen LogP contribution in [0.5, 0.6) is 0 Å². The van der Waals surface area contributed by atoms with Crippen molar-refractivity contribution in [3.05, 3.63) is 41.2 Å². The SMILES string of the molecule is Cc1nn(-c2ccc(S(=O)(=O)N3CCN(C)CC3)cc2)c(C)c1CN1CCNCC12CCNCC2. The first-order chi connectivity index (χ1) is 16.8. The maximum absolute atomic E-state index is 13.1. The zero-order valence-electron chi connectivity index (χ0n) is 21.3. The smallest absolute Gasteiger partial charge is 0.243 e. The highest BCUT2D eigenvalue weighted by Gasteiger charge is 2.40. The van der Waals surface area contributed by atoms with E-state index in [1.54, 1.807) is 16.4 Å². The van der Waals surface area contributed by atoms with Crippen LogP contribution in [0.4, 0.5) is 0 Å². The lowest BCUT2D eigenvalue weighted by molar-refractivity contribution is 0.0260. The summed E-state index contributed by atoms with van der Waals surface area (Å²) in [5.74, 6) is 0. The normalized spacial score (nSPS) is 22.6. The first-order valence-electron chi connectivity index (χ1n) is 12.8. The van der Waals surface area contributed by atoms with Crippen LogP contribution in [0.15, 0.2) is 29.2 Å². The van der Waals surface area contributed by atoms with Gasteiger partial charge in [-0.15, -0.1) is 0 Å². The van der Waals surface area contributed by atoms with Crippen LogP contribution >= 0.6 is 0 Å². The monoisotopic (exact) mass is 501 g/mol. The van der Waals surface area contributed by atoms with Gasteiger partial charge in [0.1, 0.15) is 0 Å². The van der Waals surface area contributed by atoms with E-state index in [4.69, 9.17) is 5.10 Å². The van der Waals surface area contributed by atoms with Gasteiger partial charge in [-0.1, -0.05) is 0 Å². The van der Waals surface area contributed by atoms with E-state index in [2.05, 4.69) is 34.3 Å². The Morgan fingerprint density at radius 1 is 0.943 bits per heavy atom. The highest BCUT2D eigenvalue weighted by Crippen LogP contribution is 2.31. The van der Waals surface area contributed by atoms with E-state index in [0.717, 1.165) is 82.3 Å². The van der Waals surface area contributed by atoms with Gasteiger partial charge in [0.2, 0.25) is 10.0 Å². The molecule has 3 fully saturated rings. The second kappa shape index (κ2) is 9.91. The number of aromatic nitrogens is 2. The van der Waals surface area contributed by atoms with Crippen molar-refractivity contribution in [1.29, 1.82) is 0 Å². The van der Waals surface area contributed by atoms with E-state index < -0.39 is 10.0 Å². The van der Waals surface area contributed by atoms with Crippen LogP contribution in [0.3, 0.4) is 0 Å². The van der Waals surface area contributed by atoms with Crippen molar-refractivity contribution >= 4 is 10.0 Å². The zero-order chi connectivity index (χ0) is 24.6. The molecule has 3 saturated heterocycles. The summed E-state index contributed by atoms with van der Waals surface area (Å²) in [5.41, 5.74) is 4.55. The van der Waals surface area contributed by atoms with E-state index >= 15 is 0 Å². The van der Waals surface area contributed by atoms with Gasteiger partial charge in [-0.3, -0.25) is 4.90 Å². The molecule has 192 valence electrons. The van der Waals surface area contributed by atoms with E-state index in [-0.39, 0.29) is 5.54 Å². The first kappa shape index (κ1) is 24.9. The van der Waals surface area contributed by atoms with Gasteiger partial charge >= 0.3 is 0 Å². The molecule has 3 aliphatic rings. The molecule has 0 amide bonds. The molecule has 0 aliphatic carbocycles. The van der Waals surface area contributed by atoms with Crippen LogP contribution in [-0.4, -0.2) is 104 Å². The lowest BCUT2D eigenvalue weighted by Gasteiger charge is -2.50. The number of sulfonamides is 1. The number of benzene rings is 1. The minimum absolute atomic E-state index is 0.212. The molecule has 3 aliphatic heterocycles. The van der Waals surface area contributed by atoms with Crippen LogP contribution in [0.2, 0.25) is 0 Å². The van der Waals surface area contributed by atoms with Gasteiger partial charge < -0.3 is 15.5 Å². The third-order valence-electron chi connectivity index (χ3n) is 8.19. The van der Waals surface area contributed by atoms with Gasteiger partial charge in [-0.25, -0.2) is 13.1 Å².